The fraction of sp³-hybridized carbons (Fsp3) is 0.481. The molecule has 2 aromatic carbocycles. The topological polar surface area (TPSA) is 114 Å². The summed E-state index contributed by atoms with van der Waals surface area (Å²) in [7, 11) is -2.10. The summed E-state index contributed by atoms with van der Waals surface area (Å²) in [6.07, 6.45) is 0.880. The van der Waals surface area contributed by atoms with E-state index in [2.05, 4.69) is 17.6 Å². The smallest absolute Gasteiger partial charge is 0.251 e. The van der Waals surface area contributed by atoms with Gasteiger partial charge in [-0.25, -0.2) is 12.8 Å². The summed E-state index contributed by atoms with van der Waals surface area (Å²) in [5, 5.41) is 5.92. The van der Waals surface area contributed by atoms with Crippen LogP contribution in [0.3, 0.4) is 0 Å². The maximum absolute atomic E-state index is 13.3. The highest BCUT2D eigenvalue weighted by Gasteiger charge is 2.50. The second kappa shape index (κ2) is 11.8. The molecule has 0 spiro atoms. The van der Waals surface area contributed by atoms with Gasteiger partial charge in [-0.2, -0.15) is 0 Å². The van der Waals surface area contributed by atoms with Gasteiger partial charge in [0.1, 0.15) is 17.6 Å². The van der Waals surface area contributed by atoms with Crippen LogP contribution in [0.5, 0.6) is 5.75 Å². The Morgan fingerprint density at radius 2 is 1.79 bits per heavy atom. The average Bonchev–Trinajstić information content (AvgIpc) is 3.59. The number of carbonyl (C=O) groups is 2. The SMILES string of the molecule is COc1ccc([C@@H]2CC2(C)NCCS(=O)(=O)C[C@H](NC(=O)c2ccc(F)cc2)C(=O)N2CCOCC2)cc1. The van der Waals surface area contributed by atoms with Crippen molar-refractivity contribution in [1.29, 1.82) is 0 Å². The minimum absolute atomic E-state index is 0.136. The molecule has 1 heterocycles. The standard InChI is InChI=1S/C27H34FN3O6S/c1-27(17-23(27)19-5-9-22(36-2)10-6-19)29-11-16-38(34,35)18-24(26(33)31-12-14-37-15-13-31)30-25(32)20-3-7-21(28)8-4-20/h3-10,23-24,29H,11-18H2,1-2H3,(H,30,32)/t23-,24-,27?/m0/s1. The fourth-order valence-electron chi connectivity index (χ4n) is 4.73. The van der Waals surface area contributed by atoms with Gasteiger partial charge in [-0.05, 0) is 55.3 Å². The van der Waals surface area contributed by atoms with E-state index in [-0.39, 0.29) is 29.3 Å². The number of nitrogens with zero attached hydrogens (tertiary/aromatic N) is 1. The Kier molecular flexibility index (Phi) is 8.69. The first-order valence-corrected chi connectivity index (χ1v) is 14.4. The molecular weight excluding hydrogens is 513 g/mol. The van der Waals surface area contributed by atoms with E-state index in [1.54, 1.807) is 7.11 Å². The van der Waals surface area contributed by atoms with Crippen molar-refractivity contribution in [3.63, 3.8) is 0 Å². The summed E-state index contributed by atoms with van der Waals surface area (Å²) in [5.41, 5.74) is 1.07. The fourth-order valence-corrected chi connectivity index (χ4v) is 6.05. The zero-order chi connectivity index (χ0) is 27.3. The quantitative estimate of drug-likeness (QED) is 0.441. The summed E-state index contributed by atoms with van der Waals surface area (Å²) < 4.78 is 49.9. The lowest BCUT2D eigenvalue weighted by Crippen LogP contribution is -2.54. The van der Waals surface area contributed by atoms with E-state index in [0.29, 0.717) is 26.3 Å². The molecule has 2 aromatic rings. The number of carbonyl (C=O) groups excluding carboxylic acids is 2. The number of nitrogens with one attached hydrogen (secondary N) is 2. The first-order valence-electron chi connectivity index (χ1n) is 12.6. The lowest BCUT2D eigenvalue weighted by Gasteiger charge is -2.30. The largest absolute Gasteiger partial charge is 0.497 e. The van der Waals surface area contributed by atoms with Crippen LogP contribution >= 0.6 is 0 Å². The Hall–Kier alpha value is -3.02. The van der Waals surface area contributed by atoms with Crippen LogP contribution in [0.1, 0.15) is 35.2 Å². The molecule has 0 bridgehead atoms. The van der Waals surface area contributed by atoms with Crippen molar-refractivity contribution in [3.8, 4) is 5.75 Å². The molecule has 206 valence electrons. The predicted molar refractivity (Wildman–Crippen MR) is 140 cm³/mol. The van der Waals surface area contributed by atoms with Crippen molar-refractivity contribution >= 4 is 21.7 Å². The molecule has 2 fully saturated rings. The van der Waals surface area contributed by atoms with Crippen LogP contribution in [-0.4, -0.2) is 88.2 Å². The van der Waals surface area contributed by atoms with Crippen LogP contribution < -0.4 is 15.4 Å². The third-order valence-corrected chi connectivity index (χ3v) is 8.82. The first-order chi connectivity index (χ1) is 18.1. The van der Waals surface area contributed by atoms with Crippen LogP contribution in [0.15, 0.2) is 48.5 Å². The van der Waals surface area contributed by atoms with Gasteiger partial charge in [0.05, 0.1) is 31.8 Å². The summed E-state index contributed by atoms with van der Waals surface area (Å²) >= 11 is 0. The van der Waals surface area contributed by atoms with E-state index in [1.807, 2.05) is 24.3 Å². The maximum Gasteiger partial charge on any atom is 0.251 e. The molecule has 9 nitrogen and oxygen atoms in total. The summed E-state index contributed by atoms with van der Waals surface area (Å²) in [6.45, 7) is 3.59. The van der Waals surface area contributed by atoms with E-state index in [0.717, 1.165) is 29.9 Å². The second-order valence-corrected chi connectivity index (χ2v) is 12.2. The van der Waals surface area contributed by atoms with Crippen molar-refractivity contribution in [3.05, 3.63) is 65.5 Å². The molecule has 1 unspecified atom stereocenters. The van der Waals surface area contributed by atoms with Crippen LogP contribution in [-0.2, 0) is 19.4 Å². The molecule has 1 aliphatic carbocycles. The number of hydrogen-bond acceptors (Lipinski definition) is 7. The van der Waals surface area contributed by atoms with Crippen molar-refractivity contribution < 1.29 is 31.9 Å². The summed E-state index contributed by atoms with van der Waals surface area (Å²) in [4.78, 5) is 27.5. The molecule has 1 aliphatic heterocycles. The molecule has 2 aliphatic rings. The van der Waals surface area contributed by atoms with Crippen molar-refractivity contribution in [2.24, 2.45) is 0 Å². The summed E-state index contributed by atoms with van der Waals surface area (Å²) in [6, 6.07) is 11.4. The molecule has 1 saturated carbocycles. The van der Waals surface area contributed by atoms with Gasteiger partial charge < -0.3 is 25.0 Å². The number of amides is 2. The average molecular weight is 548 g/mol. The van der Waals surface area contributed by atoms with Gasteiger partial charge in [-0.1, -0.05) is 12.1 Å². The van der Waals surface area contributed by atoms with Crippen molar-refractivity contribution in [2.75, 3.05) is 51.5 Å². The molecular formula is C27H34FN3O6S. The van der Waals surface area contributed by atoms with Crippen LogP contribution in [0.2, 0.25) is 0 Å². The molecule has 0 aromatic heterocycles. The monoisotopic (exact) mass is 547 g/mol. The van der Waals surface area contributed by atoms with Crippen molar-refractivity contribution in [1.82, 2.24) is 15.5 Å². The molecule has 4 rings (SSSR count). The lowest BCUT2D eigenvalue weighted by molar-refractivity contribution is -0.136. The lowest BCUT2D eigenvalue weighted by atomic mass is 10.1. The minimum Gasteiger partial charge on any atom is -0.497 e. The number of morpholine rings is 1. The molecule has 2 amide bonds. The highest BCUT2D eigenvalue weighted by molar-refractivity contribution is 7.91. The molecule has 0 radical (unpaired) electrons. The van der Waals surface area contributed by atoms with E-state index in [9.17, 15) is 22.4 Å². The molecule has 11 heteroatoms. The van der Waals surface area contributed by atoms with Crippen molar-refractivity contribution in [2.45, 2.75) is 30.8 Å². The Bertz CT molecular complexity index is 1230. The number of hydrogen-bond donors (Lipinski definition) is 2. The summed E-state index contributed by atoms with van der Waals surface area (Å²) in [5.74, 6) is -1.29. The minimum atomic E-state index is -3.72. The van der Waals surface area contributed by atoms with Gasteiger partial charge in [0.25, 0.3) is 5.91 Å². The van der Waals surface area contributed by atoms with E-state index in [1.165, 1.54) is 17.0 Å². The third kappa shape index (κ3) is 7.09. The number of sulfone groups is 1. The van der Waals surface area contributed by atoms with Gasteiger partial charge in [0.2, 0.25) is 5.91 Å². The molecule has 2 N–H and O–H groups in total. The molecule has 3 atom stereocenters. The zero-order valence-electron chi connectivity index (χ0n) is 21.6. The van der Waals surface area contributed by atoms with E-state index in [4.69, 9.17) is 9.47 Å². The van der Waals surface area contributed by atoms with Gasteiger partial charge >= 0.3 is 0 Å². The zero-order valence-corrected chi connectivity index (χ0v) is 22.4. The highest BCUT2D eigenvalue weighted by Crippen LogP contribution is 2.51. The van der Waals surface area contributed by atoms with Crippen LogP contribution in [0, 0.1) is 5.82 Å². The third-order valence-electron chi connectivity index (χ3n) is 7.15. The van der Waals surface area contributed by atoms with E-state index >= 15 is 0 Å². The van der Waals surface area contributed by atoms with Gasteiger partial charge in [0, 0.05) is 36.7 Å². The second-order valence-electron chi connectivity index (χ2n) is 9.96. The predicted octanol–water partition coefficient (Wildman–Crippen LogP) is 1.74. The first kappa shape index (κ1) is 28.0. The molecule has 38 heavy (non-hydrogen) atoms. The number of halogens is 1. The van der Waals surface area contributed by atoms with Crippen LogP contribution in [0.4, 0.5) is 4.39 Å². The van der Waals surface area contributed by atoms with Crippen LogP contribution in [0.25, 0.3) is 0 Å². The number of ether oxygens (including phenoxy) is 2. The number of methoxy groups -OCH3 is 1. The Balaban J connectivity index is 1.37. The highest BCUT2D eigenvalue weighted by atomic mass is 32.2. The normalized spacial score (nSPS) is 22.0. The maximum atomic E-state index is 13.3. The van der Waals surface area contributed by atoms with Gasteiger partial charge in [-0.15, -0.1) is 0 Å². The number of rotatable bonds is 11. The van der Waals surface area contributed by atoms with Gasteiger partial charge in [0.15, 0.2) is 9.84 Å². The Morgan fingerprint density at radius 1 is 1.13 bits per heavy atom. The Morgan fingerprint density at radius 3 is 2.42 bits per heavy atom. The van der Waals surface area contributed by atoms with Gasteiger partial charge in [-0.3, -0.25) is 9.59 Å². The number of benzene rings is 2. The Labute approximate surface area is 222 Å². The van der Waals surface area contributed by atoms with E-state index < -0.39 is 39.3 Å². The molecule has 1 saturated heterocycles.